The van der Waals surface area contributed by atoms with E-state index in [1.165, 1.54) is 6.07 Å². The third-order valence-corrected chi connectivity index (χ3v) is 2.19. The number of hydrogen-bond donors (Lipinski definition) is 1. The summed E-state index contributed by atoms with van der Waals surface area (Å²) in [5.41, 5.74) is 0.218. The first-order valence-electron chi connectivity index (χ1n) is 3.91. The van der Waals surface area contributed by atoms with E-state index in [0.717, 1.165) is 0 Å². The van der Waals surface area contributed by atoms with Crippen LogP contribution >= 0.6 is 15.9 Å². The minimum atomic E-state index is -0.966. The molecule has 1 aromatic rings. The Kier molecular flexibility index (Phi) is 3.71. The van der Waals surface area contributed by atoms with Crippen molar-refractivity contribution in [3.8, 4) is 5.75 Å². The van der Waals surface area contributed by atoms with E-state index < -0.39 is 5.97 Å². The van der Waals surface area contributed by atoms with Gasteiger partial charge in [-0.1, -0.05) is 12.7 Å². The lowest BCUT2D eigenvalue weighted by Gasteiger charge is -2.04. The zero-order valence-electron chi connectivity index (χ0n) is 7.37. The zero-order valence-corrected chi connectivity index (χ0v) is 8.95. The molecule has 14 heavy (non-hydrogen) atoms. The Morgan fingerprint density at radius 2 is 2.36 bits per heavy atom. The van der Waals surface area contributed by atoms with Gasteiger partial charge in [0.1, 0.15) is 12.4 Å². The van der Waals surface area contributed by atoms with Gasteiger partial charge in [-0.05, 0) is 34.1 Å². The molecule has 0 spiro atoms. The lowest BCUT2D eigenvalue weighted by Crippen LogP contribution is -1.99. The number of benzene rings is 1. The van der Waals surface area contributed by atoms with Crippen LogP contribution in [0.25, 0.3) is 0 Å². The number of carbonyl (C=O) groups is 1. The van der Waals surface area contributed by atoms with Crippen LogP contribution in [-0.4, -0.2) is 17.7 Å². The van der Waals surface area contributed by atoms with Crippen molar-refractivity contribution in [2.24, 2.45) is 0 Å². The summed E-state index contributed by atoms with van der Waals surface area (Å²) in [5, 5.41) is 8.75. The van der Waals surface area contributed by atoms with Gasteiger partial charge in [0.2, 0.25) is 0 Å². The molecule has 0 aliphatic carbocycles. The molecular formula is C10H9BrO3. The van der Waals surface area contributed by atoms with E-state index in [1.54, 1.807) is 18.2 Å². The second-order valence-electron chi connectivity index (χ2n) is 2.55. The topological polar surface area (TPSA) is 46.5 Å². The molecule has 0 saturated heterocycles. The van der Waals surface area contributed by atoms with Gasteiger partial charge in [-0.2, -0.15) is 0 Å². The van der Waals surface area contributed by atoms with Gasteiger partial charge in [-0.15, -0.1) is 0 Å². The molecule has 1 aromatic carbocycles. The van der Waals surface area contributed by atoms with Crippen LogP contribution in [0.3, 0.4) is 0 Å². The summed E-state index contributed by atoms with van der Waals surface area (Å²) in [7, 11) is 0. The quantitative estimate of drug-likeness (QED) is 0.843. The Morgan fingerprint density at radius 3 is 2.86 bits per heavy atom. The smallest absolute Gasteiger partial charge is 0.336 e. The predicted octanol–water partition coefficient (Wildman–Crippen LogP) is 2.71. The molecule has 0 unspecified atom stereocenters. The van der Waals surface area contributed by atoms with Crippen LogP contribution in [0.15, 0.2) is 35.3 Å². The Hall–Kier alpha value is -1.29. The maximum Gasteiger partial charge on any atom is 0.336 e. The monoisotopic (exact) mass is 256 g/mol. The first-order chi connectivity index (χ1) is 6.65. The van der Waals surface area contributed by atoms with Gasteiger partial charge in [-0.3, -0.25) is 0 Å². The van der Waals surface area contributed by atoms with E-state index in [9.17, 15) is 4.79 Å². The Morgan fingerprint density at radius 1 is 1.64 bits per heavy atom. The maximum absolute atomic E-state index is 10.7. The van der Waals surface area contributed by atoms with Crippen molar-refractivity contribution in [3.63, 3.8) is 0 Å². The molecule has 1 N–H and O–H groups in total. The first kappa shape index (κ1) is 10.8. The van der Waals surface area contributed by atoms with Crippen LogP contribution in [0.2, 0.25) is 0 Å². The van der Waals surface area contributed by atoms with Crippen molar-refractivity contribution in [3.05, 3.63) is 40.9 Å². The molecule has 0 fully saturated rings. The molecule has 0 amide bonds. The lowest BCUT2D eigenvalue weighted by molar-refractivity contribution is 0.0696. The molecule has 0 bridgehead atoms. The number of carboxylic acid groups (broad SMARTS) is 1. The standard InChI is InChI=1S/C10H9BrO3/c1-2-5-14-7-3-4-8(10(12)13)9(11)6-7/h2-4,6H,1,5H2,(H,12,13). The van der Waals surface area contributed by atoms with Gasteiger partial charge in [0.15, 0.2) is 0 Å². The number of halogens is 1. The van der Waals surface area contributed by atoms with Crippen LogP contribution in [0.1, 0.15) is 10.4 Å². The first-order valence-corrected chi connectivity index (χ1v) is 4.71. The number of aromatic carboxylic acids is 1. The fourth-order valence-corrected chi connectivity index (χ4v) is 1.44. The van der Waals surface area contributed by atoms with Crippen molar-refractivity contribution < 1.29 is 14.6 Å². The van der Waals surface area contributed by atoms with E-state index in [-0.39, 0.29) is 5.56 Å². The van der Waals surface area contributed by atoms with E-state index in [2.05, 4.69) is 22.5 Å². The van der Waals surface area contributed by atoms with Gasteiger partial charge in [0, 0.05) is 4.47 Å². The summed E-state index contributed by atoms with van der Waals surface area (Å²) in [6, 6.07) is 4.72. The Labute approximate surface area is 90.1 Å². The summed E-state index contributed by atoms with van der Waals surface area (Å²) in [6.07, 6.45) is 1.62. The van der Waals surface area contributed by atoms with Crippen molar-refractivity contribution >= 4 is 21.9 Å². The van der Waals surface area contributed by atoms with E-state index in [1.807, 2.05) is 0 Å². The van der Waals surface area contributed by atoms with Crippen LogP contribution in [-0.2, 0) is 0 Å². The van der Waals surface area contributed by atoms with Crippen molar-refractivity contribution in [2.75, 3.05) is 6.61 Å². The highest BCUT2D eigenvalue weighted by atomic mass is 79.9. The van der Waals surface area contributed by atoms with Crippen molar-refractivity contribution in [1.82, 2.24) is 0 Å². The minimum Gasteiger partial charge on any atom is -0.490 e. The summed E-state index contributed by atoms with van der Waals surface area (Å²) in [4.78, 5) is 10.7. The minimum absolute atomic E-state index is 0.218. The molecule has 1 rings (SSSR count). The SMILES string of the molecule is C=CCOc1ccc(C(=O)O)c(Br)c1. The number of ether oxygens (including phenoxy) is 1. The Bertz CT molecular complexity index is 360. The summed E-state index contributed by atoms with van der Waals surface area (Å²) in [6.45, 7) is 3.91. The van der Waals surface area contributed by atoms with E-state index in [0.29, 0.717) is 16.8 Å². The van der Waals surface area contributed by atoms with Crippen LogP contribution in [0, 0.1) is 0 Å². The number of rotatable bonds is 4. The molecule has 0 radical (unpaired) electrons. The van der Waals surface area contributed by atoms with Crippen molar-refractivity contribution in [1.29, 1.82) is 0 Å². The molecule has 0 aromatic heterocycles. The van der Waals surface area contributed by atoms with E-state index in [4.69, 9.17) is 9.84 Å². The number of carboxylic acids is 1. The fourth-order valence-electron chi connectivity index (χ4n) is 0.914. The van der Waals surface area contributed by atoms with Gasteiger partial charge in [0.25, 0.3) is 0 Å². The van der Waals surface area contributed by atoms with Crippen LogP contribution < -0.4 is 4.74 Å². The van der Waals surface area contributed by atoms with Gasteiger partial charge >= 0.3 is 5.97 Å². The Balaban J connectivity index is 2.88. The second kappa shape index (κ2) is 4.81. The predicted molar refractivity (Wildman–Crippen MR) is 56.8 cm³/mol. The average Bonchev–Trinajstić information content (AvgIpc) is 2.14. The molecule has 0 atom stereocenters. The molecule has 0 aliphatic heterocycles. The number of hydrogen-bond acceptors (Lipinski definition) is 2. The van der Waals surface area contributed by atoms with E-state index >= 15 is 0 Å². The third kappa shape index (κ3) is 2.60. The molecule has 4 heteroatoms. The average molecular weight is 257 g/mol. The zero-order chi connectivity index (χ0) is 10.6. The highest BCUT2D eigenvalue weighted by Crippen LogP contribution is 2.23. The lowest BCUT2D eigenvalue weighted by atomic mass is 10.2. The normalized spacial score (nSPS) is 9.50. The summed E-state index contributed by atoms with van der Waals surface area (Å²) in [5.74, 6) is -0.353. The van der Waals surface area contributed by atoms with Gasteiger partial charge in [-0.25, -0.2) is 4.79 Å². The maximum atomic E-state index is 10.7. The van der Waals surface area contributed by atoms with Crippen LogP contribution in [0.4, 0.5) is 0 Å². The van der Waals surface area contributed by atoms with Gasteiger partial charge in [0.05, 0.1) is 5.56 Å². The second-order valence-corrected chi connectivity index (χ2v) is 3.40. The molecule has 0 saturated carbocycles. The largest absolute Gasteiger partial charge is 0.490 e. The molecular weight excluding hydrogens is 248 g/mol. The molecule has 0 aliphatic rings. The summed E-state index contributed by atoms with van der Waals surface area (Å²) < 4.78 is 5.74. The van der Waals surface area contributed by atoms with Crippen molar-refractivity contribution in [2.45, 2.75) is 0 Å². The third-order valence-electron chi connectivity index (χ3n) is 1.54. The summed E-state index contributed by atoms with van der Waals surface area (Å²) >= 11 is 3.15. The highest BCUT2D eigenvalue weighted by molar-refractivity contribution is 9.10. The highest BCUT2D eigenvalue weighted by Gasteiger charge is 2.08. The van der Waals surface area contributed by atoms with Crippen LogP contribution in [0.5, 0.6) is 5.75 Å². The molecule has 3 nitrogen and oxygen atoms in total. The molecule has 74 valence electrons. The van der Waals surface area contributed by atoms with Gasteiger partial charge < -0.3 is 9.84 Å². The fraction of sp³-hybridized carbons (Fsp3) is 0.100. The molecule has 0 heterocycles.